The van der Waals surface area contributed by atoms with Crippen LogP contribution >= 0.6 is 11.8 Å². The molecule has 0 radical (unpaired) electrons. The molecule has 0 fully saturated rings. The molecule has 0 aromatic heterocycles. The minimum Gasteiger partial charge on any atom is -0.288 e. The Morgan fingerprint density at radius 1 is 1.50 bits per heavy atom. The average Bonchev–Trinajstić information content (AvgIpc) is 2.22. The van der Waals surface area contributed by atoms with Gasteiger partial charge in [-0.05, 0) is 24.6 Å². The number of halogens is 1. The molecular weight excluding hydrogens is 223 g/mol. The van der Waals surface area contributed by atoms with Gasteiger partial charge in [-0.25, -0.2) is 4.39 Å². The highest BCUT2D eigenvalue weighted by atomic mass is 32.2. The molecule has 0 aliphatic carbocycles. The maximum absolute atomic E-state index is 13.2. The monoisotopic (exact) mass is 236 g/mol. The lowest BCUT2D eigenvalue weighted by atomic mass is 10.1. The highest BCUT2D eigenvalue weighted by Crippen LogP contribution is 2.08. The second-order valence-corrected chi connectivity index (χ2v) is 4.65. The van der Waals surface area contributed by atoms with E-state index in [1.807, 2.05) is 6.92 Å². The van der Waals surface area contributed by atoms with Crippen LogP contribution in [0.15, 0.2) is 18.2 Å². The van der Waals surface area contributed by atoms with E-state index in [9.17, 15) is 9.18 Å². The average molecular weight is 236 g/mol. The summed E-state index contributed by atoms with van der Waals surface area (Å²) in [5.74, 6) is 6.01. The van der Waals surface area contributed by atoms with Crippen LogP contribution in [-0.4, -0.2) is 10.9 Å². The van der Waals surface area contributed by atoms with Crippen LogP contribution in [0.3, 0.4) is 0 Å². The zero-order valence-corrected chi connectivity index (χ0v) is 10.2. The van der Waals surface area contributed by atoms with Gasteiger partial charge in [0.2, 0.25) is 0 Å². The van der Waals surface area contributed by atoms with E-state index in [1.54, 1.807) is 12.1 Å². The Morgan fingerprint density at radius 3 is 2.94 bits per heavy atom. The van der Waals surface area contributed by atoms with Crippen LogP contribution in [0.1, 0.15) is 24.5 Å². The van der Waals surface area contributed by atoms with Crippen molar-refractivity contribution in [1.82, 2.24) is 0 Å². The molecular formula is C13H13FOS. The highest BCUT2D eigenvalue weighted by Gasteiger charge is 1.97. The van der Waals surface area contributed by atoms with Crippen molar-refractivity contribution in [2.24, 2.45) is 0 Å². The molecule has 0 saturated heterocycles. The predicted molar refractivity (Wildman–Crippen MR) is 65.8 cm³/mol. The number of carbonyl (C=O) groups is 1. The van der Waals surface area contributed by atoms with Crippen molar-refractivity contribution in [3.05, 3.63) is 35.1 Å². The zero-order valence-electron chi connectivity index (χ0n) is 9.34. The van der Waals surface area contributed by atoms with Gasteiger partial charge < -0.3 is 0 Å². The third-order valence-corrected chi connectivity index (χ3v) is 2.69. The Bertz CT molecular complexity index is 443. The topological polar surface area (TPSA) is 17.1 Å². The van der Waals surface area contributed by atoms with Crippen LogP contribution in [0.2, 0.25) is 0 Å². The summed E-state index contributed by atoms with van der Waals surface area (Å²) in [6, 6.07) is 4.86. The number of hydrogen-bond donors (Lipinski definition) is 0. The van der Waals surface area contributed by atoms with Crippen LogP contribution in [0.4, 0.5) is 4.39 Å². The first-order valence-corrected chi connectivity index (χ1v) is 5.96. The molecule has 1 nitrogen and oxygen atoms in total. The van der Waals surface area contributed by atoms with Crippen molar-refractivity contribution in [2.75, 3.05) is 5.75 Å². The highest BCUT2D eigenvalue weighted by molar-refractivity contribution is 8.13. The summed E-state index contributed by atoms with van der Waals surface area (Å²) in [7, 11) is 0. The fourth-order valence-corrected chi connectivity index (χ4v) is 1.63. The van der Waals surface area contributed by atoms with Crippen molar-refractivity contribution in [2.45, 2.75) is 20.3 Å². The molecule has 0 aliphatic heterocycles. The SMILES string of the molecule is CC(=O)SCCC#Cc1cc(C)ccc1F. The molecule has 0 heterocycles. The fraction of sp³-hybridized carbons (Fsp3) is 0.308. The maximum atomic E-state index is 13.2. The molecule has 0 atom stereocenters. The molecule has 1 aromatic rings. The molecule has 0 N–H and O–H groups in total. The van der Waals surface area contributed by atoms with Gasteiger partial charge in [0.1, 0.15) is 5.82 Å². The lowest BCUT2D eigenvalue weighted by Crippen LogP contribution is -1.86. The van der Waals surface area contributed by atoms with Gasteiger partial charge in [0, 0.05) is 19.1 Å². The van der Waals surface area contributed by atoms with Gasteiger partial charge in [-0.3, -0.25) is 4.79 Å². The lowest BCUT2D eigenvalue weighted by Gasteiger charge is -1.95. The van der Waals surface area contributed by atoms with Crippen molar-refractivity contribution in [3.8, 4) is 11.8 Å². The Morgan fingerprint density at radius 2 is 2.25 bits per heavy atom. The lowest BCUT2D eigenvalue weighted by molar-refractivity contribution is -0.109. The quantitative estimate of drug-likeness (QED) is 0.579. The van der Waals surface area contributed by atoms with E-state index in [4.69, 9.17) is 0 Å². The van der Waals surface area contributed by atoms with Gasteiger partial charge in [0.15, 0.2) is 5.12 Å². The van der Waals surface area contributed by atoms with E-state index >= 15 is 0 Å². The van der Waals surface area contributed by atoms with Gasteiger partial charge in [0.25, 0.3) is 0 Å². The summed E-state index contributed by atoms with van der Waals surface area (Å²) in [6.07, 6.45) is 0.595. The molecule has 1 rings (SSSR count). The van der Waals surface area contributed by atoms with Gasteiger partial charge in [-0.1, -0.05) is 29.7 Å². The first kappa shape index (κ1) is 12.8. The Labute approximate surface area is 99.4 Å². The molecule has 84 valence electrons. The van der Waals surface area contributed by atoms with Crippen LogP contribution in [0, 0.1) is 24.6 Å². The molecule has 1 aromatic carbocycles. The maximum Gasteiger partial charge on any atom is 0.185 e. The fourth-order valence-electron chi connectivity index (χ4n) is 1.14. The predicted octanol–water partition coefficient (Wildman–Crippen LogP) is 3.16. The smallest absolute Gasteiger partial charge is 0.185 e. The van der Waals surface area contributed by atoms with E-state index in [2.05, 4.69) is 11.8 Å². The molecule has 0 saturated carbocycles. The van der Waals surface area contributed by atoms with Gasteiger partial charge in [-0.2, -0.15) is 0 Å². The second kappa shape index (κ2) is 6.34. The van der Waals surface area contributed by atoms with Gasteiger partial charge >= 0.3 is 0 Å². The van der Waals surface area contributed by atoms with E-state index < -0.39 is 0 Å². The zero-order chi connectivity index (χ0) is 12.0. The van der Waals surface area contributed by atoms with Crippen LogP contribution in [-0.2, 0) is 4.79 Å². The standard InChI is InChI=1S/C13H13FOS/c1-10-6-7-13(14)12(9-10)5-3-4-8-16-11(2)15/h6-7,9H,4,8H2,1-2H3. The number of rotatable bonds is 2. The summed E-state index contributed by atoms with van der Waals surface area (Å²) in [5.41, 5.74) is 1.41. The van der Waals surface area contributed by atoms with Crippen molar-refractivity contribution >= 4 is 16.9 Å². The normalized spacial score (nSPS) is 9.44. The van der Waals surface area contributed by atoms with Crippen molar-refractivity contribution in [1.29, 1.82) is 0 Å². The van der Waals surface area contributed by atoms with E-state index in [0.29, 0.717) is 17.7 Å². The molecule has 0 spiro atoms. The third kappa shape index (κ3) is 4.50. The first-order chi connectivity index (χ1) is 7.59. The summed E-state index contributed by atoms with van der Waals surface area (Å²) >= 11 is 1.24. The number of benzene rings is 1. The molecule has 16 heavy (non-hydrogen) atoms. The molecule has 0 bridgehead atoms. The third-order valence-electron chi connectivity index (χ3n) is 1.88. The summed E-state index contributed by atoms with van der Waals surface area (Å²) in [5, 5.41) is 0.0866. The number of hydrogen-bond acceptors (Lipinski definition) is 2. The molecule has 0 amide bonds. The summed E-state index contributed by atoms with van der Waals surface area (Å²) in [6.45, 7) is 3.43. The van der Waals surface area contributed by atoms with Crippen LogP contribution < -0.4 is 0 Å². The van der Waals surface area contributed by atoms with Gasteiger partial charge in [0.05, 0.1) is 5.56 Å². The number of carbonyl (C=O) groups excluding carboxylic acids is 1. The molecule has 0 unspecified atom stereocenters. The minimum absolute atomic E-state index is 0.0866. The molecule has 0 aliphatic rings. The number of thioether (sulfide) groups is 1. The Hall–Kier alpha value is -1.27. The largest absolute Gasteiger partial charge is 0.288 e. The Kier molecular flexibility index (Phi) is 5.07. The first-order valence-electron chi connectivity index (χ1n) is 4.98. The van der Waals surface area contributed by atoms with Crippen molar-refractivity contribution in [3.63, 3.8) is 0 Å². The van der Waals surface area contributed by atoms with E-state index in [-0.39, 0.29) is 10.9 Å². The van der Waals surface area contributed by atoms with E-state index in [1.165, 1.54) is 24.8 Å². The minimum atomic E-state index is -0.294. The Balaban J connectivity index is 2.56. The summed E-state index contributed by atoms with van der Waals surface area (Å²) in [4.78, 5) is 10.6. The van der Waals surface area contributed by atoms with Crippen LogP contribution in [0.5, 0.6) is 0 Å². The molecule has 3 heteroatoms. The van der Waals surface area contributed by atoms with Gasteiger partial charge in [-0.15, -0.1) is 0 Å². The van der Waals surface area contributed by atoms with Crippen molar-refractivity contribution < 1.29 is 9.18 Å². The summed E-state index contributed by atoms with van der Waals surface area (Å²) < 4.78 is 13.2. The number of aryl methyl sites for hydroxylation is 1. The second-order valence-electron chi connectivity index (χ2n) is 3.38. The van der Waals surface area contributed by atoms with E-state index in [0.717, 1.165) is 5.56 Å². The van der Waals surface area contributed by atoms with Crippen LogP contribution in [0.25, 0.3) is 0 Å².